The maximum absolute atomic E-state index is 11.4. The Morgan fingerprint density at radius 3 is 2.68 bits per heavy atom. The average molecular weight is 260 g/mol. The van der Waals surface area contributed by atoms with E-state index in [1.165, 1.54) is 11.0 Å². The van der Waals surface area contributed by atoms with Crippen molar-refractivity contribution < 1.29 is 9.90 Å². The zero-order valence-electron chi connectivity index (χ0n) is 10.1. The van der Waals surface area contributed by atoms with Gasteiger partial charge in [-0.05, 0) is 23.3 Å². The Morgan fingerprint density at radius 1 is 1.37 bits per heavy atom. The molecule has 1 saturated carbocycles. The van der Waals surface area contributed by atoms with Gasteiger partial charge in [0.2, 0.25) is 0 Å². The lowest BCUT2D eigenvalue weighted by molar-refractivity contribution is -0.156. The van der Waals surface area contributed by atoms with Crippen LogP contribution in [0, 0.1) is 5.41 Å². The number of carbonyl (C=O) groups is 1. The van der Waals surface area contributed by atoms with Gasteiger partial charge in [0.1, 0.15) is 6.33 Å². The van der Waals surface area contributed by atoms with Gasteiger partial charge in [0.15, 0.2) is 5.82 Å². The summed E-state index contributed by atoms with van der Waals surface area (Å²) in [6.07, 6.45) is 6.87. The van der Waals surface area contributed by atoms with E-state index in [1.807, 2.05) is 0 Å². The second-order valence-electron chi connectivity index (χ2n) is 4.73. The number of carboxylic acids is 1. The molecular weight excluding hydrogens is 248 g/mol. The molecule has 0 aliphatic heterocycles. The van der Waals surface area contributed by atoms with Crippen molar-refractivity contribution in [3.05, 3.63) is 18.7 Å². The van der Waals surface area contributed by atoms with Crippen LogP contribution in [0.3, 0.4) is 0 Å². The van der Waals surface area contributed by atoms with E-state index >= 15 is 0 Å². The predicted octanol–water partition coefficient (Wildman–Crippen LogP) is 0.385. The predicted molar refractivity (Wildman–Crippen MR) is 62.8 cm³/mol. The molecule has 0 spiro atoms. The van der Waals surface area contributed by atoms with Crippen LogP contribution in [0.5, 0.6) is 0 Å². The van der Waals surface area contributed by atoms with Crippen LogP contribution in [0.2, 0.25) is 0 Å². The smallest absolute Gasteiger partial charge is 0.311 e. The molecular formula is C11H12N6O2. The summed E-state index contributed by atoms with van der Waals surface area (Å²) >= 11 is 0. The van der Waals surface area contributed by atoms with E-state index in [0.29, 0.717) is 24.2 Å². The van der Waals surface area contributed by atoms with Crippen LogP contribution in [0.1, 0.15) is 19.3 Å². The van der Waals surface area contributed by atoms with Crippen LogP contribution in [0.25, 0.3) is 11.4 Å². The van der Waals surface area contributed by atoms with E-state index in [1.54, 1.807) is 12.4 Å². The van der Waals surface area contributed by atoms with Gasteiger partial charge in [-0.2, -0.15) is 0 Å². The fourth-order valence-corrected chi connectivity index (χ4v) is 2.26. The first kappa shape index (κ1) is 11.7. The molecule has 1 aliphatic carbocycles. The van der Waals surface area contributed by atoms with Crippen LogP contribution in [0.4, 0.5) is 0 Å². The summed E-state index contributed by atoms with van der Waals surface area (Å²) in [5.74, 6) is -0.294. The van der Waals surface area contributed by atoms with Gasteiger partial charge in [0.25, 0.3) is 0 Å². The third-order valence-corrected chi connectivity index (χ3v) is 3.57. The summed E-state index contributed by atoms with van der Waals surface area (Å²) in [5.41, 5.74) is -0.0629. The first-order valence-corrected chi connectivity index (χ1v) is 5.96. The Morgan fingerprint density at radius 2 is 2.11 bits per heavy atom. The van der Waals surface area contributed by atoms with Crippen LogP contribution >= 0.6 is 0 Å². The van der Waals surface area contributed by atoms with Gasteiger partial charge in [-0.1, -0.05) is 6.42 Å². The van der Waals surface area contributed by atoms with E-state index in [0.717, 1.165) is 6.42 Å². The molecule has 0 aromatic carbocycles. The molecule has 0 bridgehead atoms. The summed E-state index contributed by atoms with van der Waals surface area (Å²) in [6, 6.07) is 0. The lowest BCUT2D eigenvalue weighted by Gasteiger charge is -2.37. The van der Waals surface area contributed by atoms with Gasteiger partial charge < -0.3 is 5.11 Å². The molecule has 98 valence electrons. The van der Waals surface area contributed by atoms with Crippen molar-refractivity contribution in [2.45, 2.75) is 25.8 Å². The van der Waals surface area contributed by atoms with Gasteiger partial charge >= 0.3 is 5.97 Å². The molecule has 0 amide bonds. The molecule has 19 heavy (non-hydrogen) atoms. The average Bonchev–Trinajstić information content (AvgIpc) is 2.82. The second kappa shape index (κ2) is 4.38. The number of carboxylic acid groups (broad SMARTS) is 1. The number of hydrogen-bond acceptors (Lipinski definition) is 6. The summed E-state index contributed by atoms with van der Waals surface area (Å²) < 4.78 is 1.52. The van der Waals surface area contributed by atoms with Crippen molar-refractivity contribution in [1.82, 2.24) is 30.2 Å². The van der Waals surface area contributed by atoms with Gasteiger partial charge in [-0.3, -0.25) is 4.79 Å². The molecule has 0 saturated heterocycles. The Hall–Kier alpha value is -2.38. The van der Waals surface area contributed by atoms with Crippen LogP contribution in [-0.4, -0.2) is 41.3 Å². The van der Waals surface area contributed by atoms with Crippen molar-refractivity contribution in [3.8, 4) is 11.4 Å². The highest BCUT2D eigenvalue weighted by molar-refractivity contribution is 5.75. The quantitative estimate of drug-likeness (QED) is 0.846. The third-order valence-electron chi connectivity index (χ3n) is 3.57. The maximum atomic E-state index is 11.4. The Labute approximate surface area is 108 Å². The minimum Gasteiger partial charge on any atom is -0.481 e. The number of hydrogen-bond donors (Lipinski definition) is 1. The Balaban J connectivity index is 1.91. The van der Waals surface area contributed by atoms with E-state index in [4.69, 9.17) is 0 Å². The molecule has 8 heteroatoms. The zero-order chi connectivity index (χ0) is 13.3. The Kier molecular flexibility index (Phi) is 2.69. The zero-order valence-corrected chi connectivity index (χ0v) is 10.1. The van der Waals surface area contributed by atoms with E-state index < -0.39 is 11.4 Å². The third kappa shape index (κ3) is 1.94. The minimum absolute atomic E-state index is 0.277. The van der Waals surface area contributed by atoms with Crippen LogP contribution in [-0.2, 0) is 11.3 Å². The minimum atomic E-state index is -0.787. The summed E-state index contributed by atoms with van der Waals surface area (Å²) in [5, 5.41) is 20.7. The fraction of sp³-hybridized carbons (Fsp3) is 0.455. The van der Waals surface area contributed by atoms with Crippen LogP contribution in [0.15, 0.2) is 18.7 Å². The van der Waals surface area contributed by atoms with Crippen molar-refractivity contribution >= 4 is 5.97 Å². The maximum Gasteiger partial charge on any atom is 0.311 e. The summed E-state index contributed by atoms with van der Waals surface area (Å²) in [7, 11) is 0. The molecule has 0 atom stereocenters. The van der Waals surface area contributed by atoms with Crippen LogP contribution < -0.4 is 0 Å². The number of nitrogens with zero attached hydrogens (tertiary/aromatic N) is 6. The largest absolute Gasteiger partial charge is 0.481 e. The van der Waals surface area contributed by atoms with E-state index in [-0.39, 0.29) is 6.54 Å². The highest BCUT2D eigenvalue weighted by Crippen LogP contribution is 2.42. The van der Waals surface area contributed by atoms with Gasteiger partial charge in [0, 0.05) is 12.4 Å². The first-order chi connectivity index (χ1) is 9.21. The number of tetrazole rings is 1. The topological polar surface area (TPSA) is 107 Å². The monoisotopic (exact) mass is 260 g/mol. The van der Waals surface area contributed by atoms with Crippen molar-refractivity contribution in [2.75, 3.05) is 0 Å². The highest BCUT2D eigenvalue weighted by atomic mass is 16.4. The van der Waals surface area contributed by atoms with Gasteiger partial charge in [0.05, 0.1) is 17.5 Å². The standard InChI is InChI=1S/C11H12N6O2/c18-10(19)11(2-1-3-11)6-17-9(14-15-16-17)8-4-12-7-13-5-8/h4-5,7H,1-3,6H2,(H,18,19). The number of rotatable bonds is 4. The lowest BCUT2D eigenvalue weighted by atomic mass is 9.69. The SMILES string of the molecule is O=C(O)C1(Cn2nnnc2-c2cncnc2)CCC1. The molecule has 0 radical (unpaired) electrons. The molecule has 0 unspecified atom stereocenters. The molecule has 1 aliphatic rings. The van der Waals surface area contributed by atoms with E-state index in [2.05, 4.69) is 25.5 Å². The van der Waals surface area contributed by atoms with Gasteiger partial charge in [-0.15, -0.1) is 5.10 Å². The van der Waals surface area contributed by atoms with Crippen molar-refractivity contribution in [2.24, 2.45) is 5.41 Å². The molecule has 2 aromatic rings. The Bertz CT molecular complexity index is 592. The molecule has 1 fully saturated rings. The summed E-state index contributed by atoms with van der Waals surface area (Å²) in [6.45, 7) is 0.277. The molecule has 1 N–H and O–H groups in total. The summed E-state index contributed by atoms with van der Waals surface area (Å²) in [4.78, 5) is 19.2. The molecule has 2 aromatic heterocycles. The fourth-order valence-electron chi connectivity index (χ4n) is 2.26. The van der Waals surface area contributed by atoms with E-state index in [9.17, 15) is 9.90 Å². The first-order valence-electron chi connectivity index (χ1n) is 5.96. The molecule has 3 rings (SSSR count). The second-order valence-corrected chi connectivity index (χ2v) is 4.73. The highest BCUT2D eigenvalue weighted by Gasteiger charge is 2.45. The van der Waals surface area contributed by atoms with Crippen molar-refractivity contribution in [3.63, 3.8) is 0 Å². The number of aromatic nitrogens is 6. The lowest BCUT2D eigenvalue weighted by Crippen LogP contribution is -2.42. The molecule has 2 heterocycles. The van der Waals surface area contributed by atoms with Gasteiger partial charge in [-0.25, -0.2) is 14.6 Å². The van der Waals surface area contributed by atoms with Crippen molar-refractivity contribution in [1.29, 1.82) is 0 Å². The molecule has 8 nitrogen and oxygen atoms in total. The normalized spacial score (nSPS) is 16.8. The number of aliphatic carboxylic acids is 1.